The molecule has 0 bridgehead atoms. The highest BCUT2D eigenvalue weighted by molar-refractivity contribution is 5.93. The summed E-state index contributed by atoms with van der Waals surface area (Å²) in [6.45, 7) is 7.61. The molecular weight excluding hydrogens is 256 g/mol. The van der Waals surface area contributed by atoms with Crippen LogP contribution in [0.25, 0.3) is 0 Å². The van der Waals surface area contributed by atoms with E-state index in [9.17, 15) is 9.59 Å². The molecule has 110 valence electrons. The molecule has 5 heteroatoms. The molecule has 2 amide bonds. The molecular formula is C15H22N2O3. The number of amides is 2. The van der Waals surface area contributed by atoms with Gasteiger partial charge in [-0.1, -0.05) is 26.0 Å². The Kier molecular flexibility index (Phi) is 5.55. The zero-order valence-corrected chi connectivity index (χ0v) is 12.6. The number of ether oxygens (including phenoxy) is 1. The first-order valence-electron chi connectivity index (χ1n) is 6.58. The summed E-state index contributed by atoms with van der Waals surface area (Å²) in [5.41, 5.74) is 2.83. The Hall–Kier alpha value is -2.04. The third-order valence-corrected chi connectivity index (χ3v) is 3.26. The van der Waals surface area contributed by atoms with Crippen molar-refractivity contribution in [2.75, 3.05) is 12.4 Å². The van der Waals surface area contributed by atoms with Crippen LogP contribution in [-0.2, 0) is 9.53 Å². The molecule has 0 heterocycles. The maximum absolute atomic E-state index is 12.0. The van der Waals surface area contributed by atoms with Gasteiger partial charge in [-0.2, -0.15) is 0 Å². The van der Waals surface area contributed by atoms with Crippen LogP contribution < -0.4 is 10.6 Å². The van der Waals surface area contributed by atoms with E-state index >= 15 is 0 Å². The summed E-state index contributed by atoms with van der Waals surface area (Å²) in [6, 6.07) is 4.60. The van der Waals surface area contributed by atoms with Crippen molar-refractivity contribution in [3.63, 3.8) is 0 Å². The SMILES string of the molecule is COC(=O)[C@@H](NC(=O)Nc1cccc(C)c1C)C(C)C. The van der Waals surface area contributed by atoms with Crippen molar-refractivity contribution in [1.82, 2.24) is 5.32 Å². The molecule has 0 fully saturated rings. The van der Waals surface area contributed by atoms with Crippen molar-refractivity contribution in [3.8, 4) is 0 Å². The van der Waals surface area contributed by atoms with Gasteiger partial charge in [-0.15, -0.1) is 0 Å². The van der Waals surface area contributed by atoms with Gasteiger partial charge in [0.25, 0.3) is 0 Å². The van der Waals surface area contributed by atoms with Crippen LogP contribution in [0.2, 0.25) is 0 Å². The Morgan fingerprint density at radius 1 is 1.20 bits per heavy atom. The molecule has 1 atom stereocenters. The van der Waals surface area contributed by atoms with E-state index in [1.165, 1.54) is 7.11 Å². The fraction of sp³-hybridized carbons (Fsp3) is 0.467. The summed E-state index contributed by atoms with van der Waals surface area (Å²) in [5.74, 6) is -0.497. The summed E-state index contributed by atoms with van der Waals surface area (Å²) < 4.78 is 4.69. The number of carbonyl (C=O) groups excluding carboxylic acids is 2. The number of anilines is 1. The molecule has 20 heavy (non-hydrogen) atoms. The Bertz CT molecular complexity index is 498. The van der Waals surface area contributed by atoms with E-state index in [1.54, 1.807) is 0 Å². The molecule has 0 aliphatic heterocycles. The van der Waals surface area contributed by atoms with Crippen LogP contribution in [-0.4, -0.2) is 25.2 Å². The third-order valence-electron chi connectivity index (χ3n) is 3.26. The number of urea groups is 1. The number of carbonyl (C=O) groups is 2. The van der Waals surface area contributed by atoms with Crippen molar-refractivity contribution >= 4 is 17.7 Å². The summed E-state index contributed by atoms with van der Waals surface area (Å²) in [4.78, 5) is 23.6. The fourth-order valence-corrected chi connectivity index (χ4v) is 1.81. The van der Waals surface area contributed by atoms with Crippen molar-refractivity contribution < 1.29 is 14.3 Å². The van der Waals surface area contributed by atoms with Gasteiger partial charge in [-0.05, 0) is 37.0 Å². The van der Waals surface area contributed by atoms with Crippen LogP contribution in [0.15, 0.2) is 18.2 Å². The molecule has 1 rings (SSSR count). The molecule has 0 radical (unpaired) electrons. The summed E-state index contributed by atoms with van der Waals surface area (Å²) in [6.07, 6.45) is 0. The molecule has 0 saturated carbocycles. The number of rotatable bonds is 4. The molecule has 0 unspecified atom stereocenters. The standard InChI is InChI=1S/C15H22N2O3/c1-9(2)13(14(18)20-5)17-15(19)16-12-8-6-7-10(3)11(12)4/h6-9,13H,1-5H3,(H2,16,17,19)/t13-/m0/s1. The number of hydrogen-bond acceptors (Lipinski definition) is 3. The van der Waals surface area contributed by atoms with Crippen LogP contribution in [0.5, 0.6) is 0 Å². The van der Waals surface area contributed by atoms with Crippen molar-refractivity contribution in [1.29, 1.82) is 0 Å². The van der Waals surface area contributed by atoms with Crippen molar-refractivity contribution in [2.45, 2.75) is 33.7 Å². The van der Waals surface area contributed by atoms with E-state index in [0.29, 0.717) is 0 Å². The molecule has 2 N–H and O–H groups in total. The maximum atomic E-state index is 12.0. The lowest BCUT2D eigenvalue weighted by atomic mass is 10.1. The molecule has 1 aromatic rings. The number of hydrogen-bond donors (Lipinski definition) is 2. The van der Waals surface area contributed by atoms with Crippen LogP contribution in [0.3, 0.4) is 0 Å². The second kappa shape index (κ2) is 6.93. The number of nitrogens with one attached hydrogen (secondary N) is 2. The van der Waals surface area contributed by atoms with Crippen LogP contribution in [0.4, 0.5) is 10.5 Å². The van der Waals surface area contributed by atoms with E-state index in [-0.39, 0.29) is 5.92 Å². The monoisotopic (exact) mass is 278 g/mol. The van der Waals surface area contributed by atoms with Gasteiger partial charge in [0.1, 0.15) is 6.04 Å². The van der Waals surface area contributed by atoms with E-state index < -0.39 is 18.0 Å². The fourth-order valence-electron chi connectivity index (χ4n) is 1.81. The van der Waals surface area contributed by atoms with E-state index in [4.69, 9.17) is 0 Å². The lowest BCUT2D eigenvalue weighted by Gasteiger charge is -2.20. The summed E-state index contributed by atoms with van der Waals surface area (Å²) in [5, 5.41) is 5.40. The largest absolute Gasteiger partial charge is 0.467 e. The van der Waals surface area contributed by atoms with Gasteiger partial charge in [-0.25, -0.2) is 9.59 Å². The average Bonchev–Trinajstić information content (AvgIpc) is 2.40. The summed E-state index contributed by atoms with van der Waals surface area (Å²) >= 11 is 0. The van der Waals surface area contributed by atoms with Gasteiger partial charge < -0.3 is 15.4 Å². The predicted molar refractivity (Wildman–Crippen MR) is 78.7 cm³/mol. The predicted octanol–water partition coefficient (Wildman–Crippen LogP) is 2.62. The third kappa shape index (κ3) is 3.98. The first kappa shape index (κ1) is 16.0. The van der Waals surface area contributed by atoms with Gasteiger partial charge in [0, 0.05) is 5.69 Å². The lowest BCUT2D eigenvalue weighted by Crippen LogP contribution is -2.46. The van der Waals surface area contributed by atoms with Crippen LogP contribution in [0, 0.1) is 19.8 Å². The highest BCUT2D eigenvalue weighted by Crippen LogP contribution is 2.17. The molecule has 0 aliphatic rings. The minimum Gasteiger partial charge on any atom is -0.467 e. The molecule has 0 saturated heterocycles. The van der Waals surface area contributed by atoms with Gasteiger partial charge in [0.15, 0.2) is 0 Å². The Morgan fingerprint density at radius 3 is 2.40 bits per heavy atom. The smallest absolute Gasteiger partial charge is 0.328 e. The van der Waals surface area contributed by atoms with Gasteiger partial charge >= 0.3 is 12.0 Å². The van der Waals surface area contributed by atoms with Crippen LogP contribution in [0.1, 0.15) is 25.0 Å². The second-order valence-electron chi connectivity index (χ2n) is 5.09. The van der Waals surface area contributed by atoms with E-state index in [1.807, 2.05) is 45.9 Å². The topological polar surface area (TPSA) is 67.4 Å². The maximum Gasteiger partial charge on any atom is 0.328 e. The van der Waals surface area contributed by atoms with Gasteiger partial charge in [0.05, 0.1) is 7.11 Å². The zero-order valence-electron chi connectivity index (χ0n) is 12.6. The minimum absolute atomic E-state index is 0.0493. The zero-order chi connectivity index (χ0) is 15.3. The Labute approximate surface area is 119 Å². The Balaban J connectivity index is 2.76. The highest BCUT2D eigenvalue weighted by Gasteiger charge is 2.24. The van der Waals surface area contributed by atoms with E-state index in [2.05, 4.69) is 15.4 Å². The lowest BCUT2D eigenvalue weighted by molar-refractivity contribution is -0.143. The molecule has 1 aromatic carbocycles. The number of aryl methyl sites for hydroxylation is 1. The number of benzene rings is 1. The molecule has 0 aliphatic carbocycles. The molecule has 5 nitrogen and oxygen atoms in total. The number of methoxy groups -OCH3 is 1. The van der Waals surface area contributed by atoms with Gasteiger partial charge in [0.2, 0.25) is 0 Å². The van der Waals surface area contributed by atoms with Gasteiger partial charge in [-0.3, -0.25) is 0 Å². The van der Waals surface area contributed by atoms with Crippen molar-refractivity contribution in [3.05, 3.63) is 29.3 Å². The molecule has 0 spiro atoms. The first-order valence-corrected chi connectivity index (χ1v) is 6.58. The average molecular weight is 278 g/mol. The normalized spacial score (nSPS) is 11.9. The first-order chi connectivity index (χ1) is 9.36. The Morgan fingerprint density at radius 2 is 1.85 bits per heavy atom. The van der Waals surface area contributed by atoms with Crippen LogP contribution >= 0.6 is 0 Å². The second-order valence-corrected chi connectivity index (χ2v) is 5.09. The number of esters is 1. The quantitative estimate of drug-likeness (QED) is 0.832. The minimum atomic E-state index is -0.662. The van der Waals surface area contributed by atoms with E-state index in [0.717, 1.165) is 16.8 Å². The summed E-state index contributed by atoms with van der Waals surface area (Å²) in [7, 11) is 1.31. The van der Waals surface area contributed by atoms with Crippen molar-refractivity contribution in [2.24, 2.45) is 5.92 Å². The highest BCUT2D eigenvalue weighted by atomic mass is 16.5. The molecule has 0 aromatic heterocycles.